The molecule has 2 atom stereocenters. The number of furan rings is 3. The fourth-order valence-corrected chi connectivity index (χ4v) is 19.1. The van der Waals surface area contributed by atoms with E-state index in [0.717, 1.165) is 160 Å². The van der Waals surface area contributed by atoms with Gasteiger partial charge in [-0.05, 0) is 213 Å². The van der Waals surface area contributed by atoms with Crippen LogP contribution in [0.25, 0.3) is 188 Å². The molecule has 2 aliphatic heterocycles. The van der Waals surface area contributed by atoms with Crippen molar-refractivity contribution < 1.29 is 13.3 Å². The molecule has 0 fully saturated rings. The predicted molar refractivity (Wildman–Crippen MR) is 468 cm³/mol. The van der Waals surface area contributed by atoms with E-state index in [4.69, 9.17) is 18.2 Å². The number of aromatic nitrogens is 2. The van der Waals surface area contributed by atoms with Crippen LogP contribution >= 0.6 is 0 Å². The maximum Gasteiger partial charge on any atom is 0.159 e. The molecule has 0 bridgehead atoms. The third kappa shape index (κ3) is 10.3. The predicted octanol–water partition coefficient (Wildman–Crippen LogP) is 28.0. The fraction of sp³-hybridized carbons (Fsp3) is 0.0755. The standard InChI is InChI=1S/C106H72N4O3/c1-106(2,3)88-37-18-34-78-79(88)35-17-36-80(78)92-49-42-64-22-7-10-38-90(64)110(92)94-51-47-84-87-58-75(69-27-14-25-67(55-69)66-24-13-26-68(54-66)72-30-19-53-107-60-72)59-97-99(87)100-82(45-44-77(103(100)112-97)73-41-48-89(108-61-73)71-43-52-96-86(57-71)81-31-9-12-40-95(81)111-96)83-46-50-93(104-101(83)102(84)105(94)113-104)109-62-74-29-16-33-76(98(74)85-32-8-11-39-91(85)109)70-28-15-23-65(56-70)63-20-5-4-6-21-63/h4-49,51-61,92-93H,50,62H2,1-3H3. The molecule has 0 amide bonds. The number of hydrogen-bond donors (Lipinski definition) is 0. The van der Waals surface area contributed by atoms with E-state index in [9.17, 15) is 0 Å². The third-order valence-corrected chi connectivity index (χ3v) is 24.3. The Morgan fingerprint density at radius 3 is 1.88 bits per heavy atom. The number of hydrogen-bond acceptors (Lipinski definition) is 7. The van der Waals surface area contributed by atoms with Crippen molar-refractivity contribution in [2.45, 2.75) is 51.2 Å². The summed E-state index contributed by atoms with van der Waals surface area (Å²) in [5.41, 5.74) is 29.9. The SMILES string of the molecule is CC(C)(C)c1cccc2c(C3C=Cc4ccccc4N3c3ccc4c5cc(-c6cccc(-c7cccc(-c8cccnc8)c7)c6)cc6oc7c(-c8ccc(-c9ccc%10oc%11ccccc%11c%10c9)nc8)ccc(c8c9c(oc3c94)C(N3Cc4cccc(-c9cccc(-c%10ccccc%10)c9)c4-c4ccccc43)CC=8)c7c65)cccc12. The van der Waals surface area contributed by atoms with Crippen molar-refractivity contribution in [3.8, 4) is 89.1 Å². The maximum atomic E-state index is 8.32. The fourth-order valence-electron chi connectivity index (χ4n) is 19.1. The van der Waals surface area contributed by atoms with Gasteiger partial charge in [0.25, 0.3) is 0 Å². The van der Waals surface area contributed by atoms with Crippen LogP contribution in [0.3, 0.4) is 0 Å². The van der Waals surface area contributed by atoms with Gasteiger partial charge in [0.15, 0.2) is 5.58 Å². The van der Waals surface area contributed by atoms with Crippen LogP contribution in [0.2, 0.25) is 0 Å². The molecule has 3 aliphatic rings. The number of nitrogens with zero attached hydrogens (tertiary/aromatic N) is 4. The van der Waals surface area contributed by atoms with Gasteiger partial charge in [0.2, 0.25) is 0 Å². The zero-order valence-corrected chi connectivity index (χ0v) is 62.5. The Hall–Kier alpha value is -14.1. The van der Waals surface area contributed by atoms with Crippen molar-refractivity contribution in [1.29, 1.82) is 0 Å². The lowest BCUT2D eigenvalue weighted by Gasteiger charge is -2.39. The van der Waals surface area contributed by atoms with E-state index in [-0.39, 0.29) is 17.5 Å². The monoisotopic (exact) mass is 1450 g/mol. The summed E-state index contributed by atoms with van der Waals surface area (Å²) < 4.78 is 22.3. The van der Waals surface area contributed by atoms with Crippen LogP contribution in [-0.2, 0) is 12.0 Å². The van der Waals surface area contributed by atoms with E-state index in [1.54, 1.807) is 0 Å². The average Bonchev–Trinajstić information content (AvgIpc) is 1.54. The van der Waals surface area contributed by atoms with Gasteiger partial charge in [0.05, 0.1) is 23.5 Å². The lowest BCUT2D eigenvalue weighted by molar-refractivity contribution is 0.477. The molecule has 1 aliphatic carbocycles. The Kier molecular flexibility index (Phi) is 14.5. The molecule has 5 aromatic heterocycles. The van der Waals surface area contributed by atoms with Gasteiger partial charge in [-0.15, -0.1) is 0 Å². The molecule has 7 heterocycles. The van der Waals surface area contributed by atoms with E-state index in [1.165, 1.54) is 66.5 Å². The normalized spacial score (nSPS) is 14.6. The molecule has 15 aromatic carbocycles. The van der Waals surface area contributed by atoms with E-state index in [1.807, 2.05) is 36.8 Å². The Morgan fingerprint density at radius 1 is 0.381 bits per heavy atom. The third-order valence-electron chi connectivity index (χ3n) is 24.3. The van der Waals surface area contributed by atoms with Crippen molar-refractivity contribution >= 4 is 116 Å². The van der Waals surface area contributed by atoms with Gasteiger partial charge < -0.3 is 23.1 Å². The van der Waals surface area contributed by atoms with E-state index >= 15 is 0 Å². The summed E-state index contributed by atoms with van der Waals surface area (Å²) in [6.07, 6.45) is 13.7. The van der Waals surface area contributed by atoms with Crippen LogP contribution in [0.1, 0.15) is 67.3 Å². The highest BCUT2D eigenvalue weighted by atomic mass is 16.3. The first kappa shape index (κ1) is 64.8. The van der Waals surface area contributed by atoms with Crippen LogP contribution in [0.5, 0.6) is 0 Å². The van der Waals surface area contributed by atoms with Gasteiger partial charge in [0, 0.05) is 96.6 Å². The van der Waals surface area contributed by atoms with Crippen molar-refractivity contribution in [2.75, 3.05) is 9.80 Å². The highest BCUT2D eigenvalue weighted by Gasteiger charge is 2.38. The zero-order chi connectivity index (χ0) is 74.7. The highest BCUT2D eigenvalue weighted by molar-refractivity contribution is 6.32. The molecule has 0 N–H and O–H groups in total. The topological polar surface area (TPSA) is 71.7 Å². The Morgan fingerprint density at radius 2 is 1.04 bits per heavy atom. The number of fused-ring (bicyclic) bond motifs is 10. The summed E-state index contributed by atoms with van der Waals surface area (Å²) in [6.45, 7) is 7.63. The molecule has 0 radical (unpaired) electrons. The molecule has 23 rings (SSSR count). The molecule has 0 spiro atoms. The number of rotatable bonds is 10. The van der Waals surface area contributed by atoms with E-state index in [0.29, 0.717) is 13.0 Å². The minimum absolute atomic E-state index is 0.0849. The number of benzene rings is 14. The number of anilines is 3. The molecule has 0 saturated carbocycles. The molecule has 534 valence electrons. The van der Waals surface area contributed by atoms with Crippen LogP contribution < -0.4 is 15.0 Å². The first-order chi connectivity index (χ1) is 55.7. The van der Waals surface area contributed by atoms with Crippen LogP contribution in [-0.4, -0.2) is 9.97 Å². The summed E-state index contributed by atoms with van der Waals surface area (Å²) in [5, 5.41) is 13.3. The van der Waals surface area contributed by atoms with Crippen LogP contribution in [0, 0.1) is 0 Å². The minimum Gasteiger partial charge on any atom is -0.456 e. The highest BCUT2D eigenvalue weighted by Crippen LogP contribution is 2.56. The Balaban J connectivity index is 0.780. The van der Waals surface area contributed by atoms with Crippen molar-refractivity contribution in [3.05, 3.63) is 367 Å². The lowest BCUT2D eigenvalue weighted by Crippen LogP contribution is -2.33. The molecular weight excluding hydrogens is 1380 g/mol. The van der Waals surface area contributed by atoms with Crippen molar-refractivity contribution in [1.82, 2.24) is 9.97 Å². The first-order valence-corrected chi connectivity index (χ1v) is 39.2. The molecular formula is C106H72N4O3. The largest absolute Gasteiger partial charge is 0.456 e. The molecule has 20 aromatic rings. The average molecular weight is 1450 g/mol. The summed E-state index contributed by atoms with van der Waals surface area (Å²) in [5.74, 6) is 0.938. The van der Waals surface area contributed by atoms with Gasteiger partial charge in [-0.3, -0.25) is 9.97 Å². The minimum atomic E-state index is -0.235. The number of pyridine rings is 2. The van der Waals surface area contributed by atoms with Crippen LogP contribution in [0.15, 0.2) is 347 Å². The van der Waals surface area contributed by atoms with Crippen molar-refractivity contribution in [2.24, 2.45) is 0 Å². The molecule has 2 unspecified atom stereocenters. The summed E-state index contributed by atoms with van der Waals surface area (Å²) in [7, 11) is 0. The second kappa shape index (κ2) is 25.2. The van der Waals surface area contributed by atoms with Gasteiger partial charge >= 0.3 is 0 Å². The van der Waals surface area contributed by atoms with Gasteiger partial charge in [0.1, 0.15) is 28.1 Å². The summed E-state index contributed by atoms with van der Waals surface area (Å²) in [4.78, 5) is 15.0. The molecule has 0 saturated heterocycles. The lowest BCUT2D eigenvalue weighted by atomic mass is 9.82. The maximum absolute atomic E-state index is 8.32. The Bertz CT molecular complexity index is 7440. The summed E-state index contributed by atoms with van der Waals surface area (Å²) >= 11 is 0. The quantitative estimate of drug-likeness (QED) is 0.135. The van der Waals surface area contributed by atoms with Crippen LogP contribution in [0.4, 0.5) is 17.1 Å². The molecule has 113 heavy (non-hydrogen) atoms. The summed E-state index contributed by atoms with van der Waals surface area (Å²) in [6, 6.07) is 113. The first-order valence-electron chi connectivity index (χ1n) is 39.2. The van der Waals surface area contributed by atoms with Gasteiger partial charge in [-0.1, -0.05) is 257 Å². The van der Waals surface area contributed by atoms with Crippen molar-refractivity contribution in [3.63, 3.8) is 0 Å². The van der Waals surface area contributed by atoms with E-state index in [2.05, 4.69) is 345 Å². The van der Waals surface area contributed by atoms with E-state index < -0.39 is 0 Å². The Labute approximate surface area is 652 Å². The molecule has 7 nitrogen and oxygen atoms in total. The molecule has 7 heteroatoms. The zero-order valence-electron chi connectivity index (χ0n) is 62.5. The number of para-hydroxylation sites is 3. The second-order valence-electron chi connectivity index (χ2n) is 31.7. The second-order valence-corrected chi connectivity index (χ2v) is 31.7. The van der Waals surface area contributed by atoms with Gasteiger partial charge in [-0.25, -0.2) is 0 Å². The van der Waals surface area contributed by atoms with Gasteiger partial charge in [-0.2, -0.15) is 0 Å². The smallest absolute Gasteiger partial charge is 0.159 e.